The molecule has 0 bridgehead atoms. The third kappa shape index (κ3) is 5.00. The Hall–Kier alpha value is -3.50. The zero-order valence-electron chi connectivity index (χ0n) is 14.6. The number of rotatable bonds is 9. The Morgan fingerprint density at radius 3 is 2.19 bits per heavy atom. The van der Waals surface area contributed by atoms with Crippen molar-refractivity contribution in [3.05, 3.63) is 72.8 Å². The van der Waals surface area contributed by atoms with Crippen LogP contribution in [0.3, 0.4) is 0 Å². The first kappa shape index (κ1) is 18.8. The van der Waals surface area contributed by atoms with Crippen LogP contribution in [0.15, 0.2) is 61.7 Å². The van der Waals surface area contributed by atoms with E-state index < -0.39 is 0 Å². The van der Waals surface area contributed by atoms with Crippen LogP contribution in [-0.2, 0) is 0 Å². The van der Waals surface area contributed by atoms with Crippen LogP contribution < -0.4 is 9.47 Å². The summed E-state index contributed by atoms with van der Waals surface area (Å²) in [6.07, 6.45) is 4.99. The van der Waals surface area contributed by atoms with Crippen LogP contribution in [-0.4, -0.2) is 13.2 Å². The molecule has 4 nitrogen and oxygen atoms in total. The van der Waals surface area contributed by atoms with Crippen molar-refractivity contribution in [2.45, 2.75) is 12.8 Å². The first-order valence-corrected chi connectivity index (χ1v) is 8.29. The second kappa shape index (κ2) is 9.71. The van der Waals surface area contributed by atoms with Crippen LogP contribution in [0.5, 0.6) is 11.5 Å². The van der Waals surface area contributed by atoms with Crippen molar-refractivity contribution >= 4 is 0 Å². The van der Waals surface area contributed by atoms with E-state index in [0.717, 1.165) is 11.1 Å². The van der Waals surface area contributed by atoms with Gasteiger partial charge in [0.1, 0.15) is 11.5 Å². The van der Waals surface area contributed by atoms with Crippen LogP contribution in [0.2, 0.25) is 0 Å². The monoisotopic (exact) mass is 344 g/mol. The van der Waals surface area contributed by atoms with Gasteiger partial charge < -0.3 is 9.47 Å². The molecule has 0 radical (unpaired) electrons. The predicted octanol–water partition coefficient (Wildman–Crippen LogP) is 5.01. The van der Waals surface area contributed by atoms with Gasteiger partial charge in [-0.1, -0.05) is 12.2 Å². The SMILES string of the molecule is C=CCCOc1cc(C#N)cc(-c2cc(C#N)ccc2OCCC=C)c1. The van der Waals surface area contributed by atoms with Crippen LogP contribution in [0.25, 0.3) is 11.1 Å². The van der Waals surface area contributed by atoms with E-state index >= 15 is 0 Å². The Morgan fingerprint density at radius 1 is 0.846 bits per heavy atom. The van der Waals surface area contributed by atoms with Crippen molar-refractivity contribution < 1.29 is 9.47 Å². The summed E-state index contributed by atoms with van der Waals surface area (Å²) >= 11 is 0. The van der Waals surface area contributed by atoms with E-state index in [1.54, 1.807) is 42.5 Å². The third-order valence-electron chi connectivity index (χ3n) is 3.63. The highest BCUT2D eigenvalue weighted by Crippen LogP contribution is 2.34. The average molecular weight is 344 g/mol. The zero-order chi connectivity index (χ0) is 18.8. The maximum atomic E-state index is 9.33. The minimum absolute atomic E-state index is 0.482. The highest BCUT2D eigenvalue weighted by Gasteiger charge is 2.11. The second-order valence-corrected chi connectivity index (χ2v) is 5.53. The van der Waals surface area contributed by atoms with E-state index in [1.807, 2.05) is 6.07 Å². The van der Waals surface area contributed by atoms with Crippen LogP contribution in [0.1, 0.15) is 24.0 Å². The quantitative estimate of drug-likeness (QED) is 0.474. The van der Waals surface area contributed by atoms with Gasteiger partial charge in [0, 0.05) is 5.56 Å². The minimum atomic E-state index is 0.482. The summed E-state index contributed by atoms with van der Waals surface area (Å²) in [7, 11) is 0. The molecule has 2 aromatic rings. The van der Waals surface area contributed by atoms with E-state index in [-0.39, 0.29) is 0 Å². The smallest absolute Gasteiger partial charge is 0.127 e. The maximum absolute atomic E-state index is 9.33. The van der Waals surface area contributed by atoms with Crippen molar-refractivity contribution in [2.24, 2.45) is 0 Å². The average Bonchev–Trinajstić information content (AvgIpc) is 2.68. The van der Waals surface area contributed by atoms with Gasteiger partial charge in [-0.3, -0.25) is 0 Å². The van der Waals surface area contributed by atoms with E-state index in [2.05, 4.69) is 25.3 Å². The van der Waals surface area contributed by atoms with Crippen molar-refractivity contribution in [1.82, 2.24) is 0 Å². The fourth-order valence-corrected chi connectivity index (χ4v) is 2.37. The molecule has 0 aliphatic carbocycles. The highest BCUT2D eigenvalue weighted by molar-refractivity contribution is 5.74. The molecule has 130 valence electrons. The number of nitriles is 2. The van der Waals surface area contributed by atoms with Crippen LogP contribution in [0, 0.1) is 22.7 Å². The van der Waals surface area contributed by atoms with Gasteiger partial charge in [0.2, 0.25) is 0 Å². The molecular formula is C22H20N2O2. The number of ether oxygens (including phenoxy) is 2. The molecule has 26 heavy (non-hydrogen) atoms. The second-order valence-electron chi connectivity index (χ2n) is 5.53. The Morgan fingerprint density at radius 2 is 1.54 bits per heavy atom. The molecule has 0 aliphatic rings. The summed E-state index contributed by atoms with van der Waals surface area (Å²) in [5.41, 5.74) is 2.52. The van der Waals surface area contributed by atoms with Crippen molar-refractivity contribution in [1.29, 1.82) is 10.5 Å². The molecule has 0 spiro atoms. The molecule has 0 amide bonds. The van der Waals surface area contributed by atoms with Gasteiger partial charge in [-0.2, -0.15) is 10.5 Å². The summed E-state index contributed by atoms with van der Waals surface area (Å²) in [5.74, 6) is 1.25. The molecule has 0 fully saturated rings. The Balaban J connectivity index is 2.45. The summed E-state index contributed by atoms with van der Waals surface area (Å²) in [5, 5.41) is 18.6. The molecule has 0 saturated carbocycles. The Kier molecular flexibility index (Phi) is 7.04. The van der Waals surface area contributed by atoms with Gasteiger partial charge in [0.25, 0.3) is 0 Å². The van der Waals surface area contributed by atoms with Gasteiger partial charge in [-0.05, 0) is 54.8 Å². The standard InChI is InChI=1S/C22H20N2O2/c1-3-5-9-25-20-12-18(16-24)11-19(14-20)21-13-17(15-23)7-8-22(21)26-10-6-4-2/h3-4,7-8,11-14H,1-2,5-6,9-10H2. The number of hydrogen-bond acceptors (Lipinski definition) is 4. The molecule has 0 aliphatic heterocycles. The van der Waals surface area contributed by atoms with Gasteiger partial charge in [0.15, 0.2) is 0 Å². The van der Waals surface area contributed by atoms with E-state index in [1.165, 1.54) is 0 Å². The molecule has 2 rings (SSSR count). The van der Waals surface area contributed by atoms with Crippen molar-refractivity contribution in [3.63, 3.8) is 0 Å². The maximum Gasteiger partial charge on any atom is 0.127 e. The lowest BCUT2D eigenvalue weighted by molar-refractivity contribution is 0.324. The molecule has 0 N–H and O–H groups in total. The first-order valence-electron chi connectivity index (χ1n) is 8.29. The fraction of sp³-hybridized carbons (Fsp3) is 0.182. The fourth-order valence-electron chi connectivity index (χ4n) is 2.37. The lowest BCUT2D eigenvalue weighted by atomic mass is 10.00. The largest absolute Gasteiger partial charge is 0.493 e. The summed E-state index contributed by atoms with van der Waals surface area (Å²) in [6.45, 7) is 8.33. The zero-order valence-corrected chi connectivity index (χ0v) is 14.6. The van der Waals surface area contributed by atoms with Crippen LogP contribution >= 0.6 is 0 Å². The number of benzene rings is 2. The molecule has 0 saturated heterocycles. The molecule has 2 aromatic carbocycles. The molecule has 4 heteroatoms. The third-order valence-corrected chi connectivity index (χ3v) is 3.63. The normalized spacial score (nSPS) is 9.62. The van der Waals surface area contributed by atoms with E-state index in [4.69, 9.17) is 9.47 Å². The topological polar surface area (TPSA) is 66.0 Å². The van der Waals surface area contributed by atoms with Crippen molar-refractivity contribution in [3.8, 4) is 34.8 Å². The van der Waals surface area contributed by atoms with Gasteiger partial charge in [-0.25, -0.2) is 0 Å². The number of hydrogen-bond donors (Lipinski definition) is 0. The molecular weight excluding hydrogens is 324 g/mol. The Labute approximate surface area is 154 Å². The van der Waals surface area contributed by atoms with Gasteiger partial charge in [0.05, 0.1) is 36.5 Å². The van der Waals surface area contributed by atoms with Gasteiger partial charge in [-0.15, -0.1) is 13.2 Å². The predicted molar refractivity (Wildman–Crippen MR) is 102 cm³/mol. The molecule has 0 atom stereocenters. The Bertz CT molecular complexity index is 873. The first-order chi connectivity index (χ1) is 12.7. The van der Waals surface area contributed by atoms with E-state index in [0.29, 0.717) is 48.7 Å². The summed E-state index contributed by atoms with van der Waals surface area (Å²) in [6, 6.07) is 14.8. The van der Waals surface area contributed by atoms with Crippen molar-refractivity contribution in [2.75, 3.05) is 13.2 Å². The van der Waals surface area contributed by atoms with Gasteiger partial charge >= 0.3 is 0 Å². The minimum Gasteiger partial charge on any atom is -0.493 e. The summed E-state index contributed by atoms with van der Waals surface area (Å²) in [4.78, 5) is 0. The lowest BCUT2D eigenvalue weighted by Crippen LogP contribution is -1.99. The highest BCUT2D eigenvalue weighted by atomic mass is 16.5. The summed E-state index contributed by atoms with van der Waals surface area (Å²) < 4.78 is 11.5. The molecule has 0 aromatic heterocycles. The number of nitrogens with zero attached hydrogens (tertiary/aromatic N) is 2. The lowest BCUT2D eigenvalue weighted by Gasteiger charge is -2.13. The van der Waals surface area contributed by atoms with E-state index in [9.17, 15) is 10.5 Å². The van der Waals surface area contributed by atoms with Crippen LogP contribution in [0.4, 0.5) is 0 Å². The molecule has 0 heterocycles. The molecule has 0 unspecified atom stereocenters.